The number of ketones is 1. The van der Waals surface area contributed by atoms with E-state index in [4.69, 9.17) is 10.1 Å². The molecule has 0 unspecified atom stereocenters. The number of thioether (sulfide) groups is 1. The van der Waals surface area contributed by atoms with Gasteiger partial charge in [0.15, 0.2) is 5.78 Å². The van der Waals surface area contributed by atoms with Crippen LogP contribution in [0.5, 0.6) is 0 Å². The summed E-state index contributed by atoms with van der Waals surface area (Å²) in [5.41, 5.74) is 3.59. The summed E-state index contributed by atoms with van der Waals surface area (Å²) in [6, 6.07) is 13.5. The molecular formula is C24H20N6OS2. The molecule has 164 valence electrons. The number of aromatic nitrogens is 5. The van der Waals surface area contributed by atoms with E-state index in [-0.39, 0.29) is 17.7 Å². The zero-order chi connectivity index (χ0) is 22.2. The fourth-order valence-electron chi connectivity index (χ4n) is 4.42. The molecule has 2 atom stereocenters. The van der Waals surface area contributed by atoms with Gasteiger partial charge in [-0.1, -0.05) is 30.0 Å². The minimum atomic E-state index is -0.380. The van der Waals surface area contributed by atoms with Crippen molar-refractivity contribution in [3.63, 3.8) is 0 Å². The highest BCUT2D eigenvalue weighted by Crippen LogP contribution is 2.44. The molecule has 0 amide bonds. The molecule has 6 rings (SSSR count). The molecule has 0 aromatic carbocycles. The normalized spacial score (nSPS) is 19.7. The molecule has 0 saturated heterocycles. The first kappa shape index (κ1) is 20.3. The van der Waals surface area contributed by atoms with Crippen LogP contribution in [0.1, 0.15) is 40.9 Å². The van der Waals surface area contributed by atoms with Crippen LogP contribution in [0.3, 0.4) is 0 Å². The summed E-state index contributed by atoms with van der Waals surface area (Å²) < 4.78 is 1.82. The van der Waals surface area contributed by atoms with Crippen molar-refractivity contribution in [2.24, 2.45) is 0 Å². The van der Waals surface area contributed by atoms with Crippen molar-refractivity contribution < 1.29 is 4.79 Å². The molecule has 1 aliphatic heterocycles. The highest BCUT2D eigenvalue weighted by Gasteiger charge is 2.40. The quantitative estimate of drug-likeness (QED) is 0.416. The van der Waals surface area contributed by atoms with Gasteiger partial charge in [-0.3, -0.25) is 14.8 Å². The first-order chi connectivity index (χ1) is 16.3. The number of carbonyl (C=O) groups is 1. The summed E-state index contributed by atoms with van der Waals surface area (Å²) in [5, 5.41) is 10.9. The maximum absolute atomic E-state index is 13.5. The van der Waals surface area contributed by atoms with Gasteiger partial charge in [0.2, 0.25) is 11.1 Å². The van der Waals surface area contributed by atoms with Crippen LogP contribution in [0, 0.1) is 0 Å². The van der Waals surface area contributed by atoms with Gasteiger partial charge in [0.05, 0.1) is 5.69 Å². The molecule has 7 nitrogen and oxygen atoms in total. The van der Waals surface area contributed by atoms with E-state index in [1.165, 1.54) is 4.88 Å². The summed E-state index contributed by atoms with van der Waals surface area (Å²) in [5.74, 6) is 1.70. The first-order valence-corrected chi connectivity index (χ1v) is 12.6. The lowest BCUT2D eigenvalue weighted by Crippen LogP contribution is -2.33. The molecule has 2 aliphatic rings. The molecule has 0 radical (unpaired) electrons. The van der Waals surface area contributed by atoms with Gasteiger partial charge in [-0.25, -0.2) is 4.68 Å². The van der Waals surface area contributed by atoms with Crippen molar-refractivity contribution >= 4 is 34.8 Å². The topological polar surface area (TPSA) is 85.6 Å². The molecule has 0 fully saturated rings. The maximum Gasteiger partial charge on any atom is 0.227 e. The summed E-state index contributed by atoms with van der Waals surface area (Å²) in [7, 11) is 0. The third kappa shape index (κ3) is 3.87. The van der Waals surface area contributed by atoms with E-state index < -0.39 is 0 Å². The largest absolute Gasteiger partial charge is 0.328 e. The lowest BCUT2D eigenvalue weighted by molar-refractivity contribution is -0.116. The fraction of sp³-hybridized carbons (Fsp3) is 0.208. The molecule has 4 aromatic rings. The Morgan fingerprint density at radius 3 is 2.88 bits per heavy atom. The maximum atomic E-state index is 13.5. The zero-order valence-electron chi connectivity index (χ0n) is 17.6. The number of pyridine rings is 2. The predicted octanol–water partition coefficient (Wildman–Crippen LogP) is 4.84. The number of hydrogen-bond donors (Lipinski definition) is 1. The monoisotopic (exact) mass is 472 g/mol. The van der Waals surface area contributed by atoms with Crippen LogP contribution >= 0.6 is 23.1 Å². The highest BCUT2D eigenvalue weighted by molar-refractivity contribution is 7.98. The van der Waals surface area contributed by atoms with Gasteiger partial charge in [-0.05, 0) is 41.6 Å². The number of nitrogens with zero attached hydrogens (tertiary/aromatic N) is 5. The smallest absolute Gasteiger partial charge is 0.227 e. The standard InChI is InChI=1S/C24H20N6OS2/c31-19-12-16(20-7-4-10-32-20)11-18-21(19)22(17-6-1-2-9-26-17)30-23(27-18)28-24(29-30)33-14-15-5-3-8-25-13-15/h1-10,13,16,22H,11-12,14H2,(H,27,28,29)/t16-,22+/m1/s1. The van der Waals surface area contributed by atoms with E-state index in [0.717, 1.165) is 34.7 Å². The van der Waals surface area contributed by atoms with Crippen molar-refractivity contribution in [1.29, 1.82) is 0 Å². The highest BCUT2D eigenvalue weighted by atomic mass is 32.2. The van der Waals surface area contributed by atoms with Crippen LogP contribution in [0.4, 0.5) is 5.95 Å². The van der Waals surface area contributed by atoms with Crippen molar-refractivity contribution in [2.45, 2.75) is 35.7 Å². The van der Waals surface area contributed by atoms with Crippen LogP contribution in [0.2, 0.25) is 0 Å². The van der Waals surface area contributed by atoms with Gasteiger partial charge < -0.3 is 5.32 Å². The Morgan fingerprint density at radius 2 is 2.09 bits per heavy atom. The molecule has 33 heavy (non-hydrogen) atoms. The number of fused-ring (bicyclic) bond motifs is 1. The third-order valence-electron chi connectivity index (χ3n) is 5.90. The molecule has 0 bridgehead atoms. The Bertz CT molecular complexity index is 1320. The number of hydrogen-bond acceptors (Lipinski definition) is 8. The Morgan fingerprint density at radius 1 is 1.12 bits per heavy atom. The molecule has 9 heteroatoms. The van der Waals surface area contributed by atoms with Crippen LogP contribution in [-0.2, 0) is 10.5 Å². The van der Waals surface area contributed by atoms with E-state index in [0.29, 0.717) is 17.5 Å². The average Bonchev–Trinajstić information content (AvgIpc) is 3.52. The van der Waals surface area contributed by atoms with E-state index in [1.54, 1.807) is 35.5 Å². The van der Waals surface area contributed by atoms with Crippen molar-refractivity contribution in [1.82, 2.24) is 24.7 Å². The number of allylic oxidation sites excluding steroid dienone is 2. The SMILES string of the molecule is O=C1C[C@H](c2cccs2)CC2=C1[C@H](c1ccccn1)n1nc(SCc3cccnc3)nc1N2. The van der Waals surface area contributed by atoms with Crippen molar-refractivity contribution in [2.75, 3.05) is 5.32 Å². The van der Waals surface area contributed by atoms with Gasteiger partial charge in [-0.15, -0.1) is 16.4 Å². The molecule has 0 saturated carbocycles. The first-order valence-electron chi connectivity index (χ1n) is 10.7. The van der Waals surface area contributed by atoms with E-state index in [1.807, 2.05) is 47.3 Å². The van der Waals surface area contributed by atoms with Gasteiger partial charge in [-0.2, -0.15) is 4.98 Å². The van der Waals surface area contributed by atoms with Crippen LogP contribution in [-0.4, -0.2) is 30.5 Å². The lowest BCUT2D eigenvalue weighted by atomic mass is 9.81. The lowest BCUT2D eigenvalue weighted by Gasteiger charge is -2.34. The molecule has 1 N–H and O–H groups in total. The van der Waals surface area contributed by atoms with Gasteiger partial charge >= 0.3 is 0 Å². The molecular weight excluding hydrogens is 452 g/mol. The molecule has 0 spiro atoms. The Labute approximate surface area is 199 Å². The minimum absolute atomic E-state index is 0.142. The van der Waals surface area contributed by atoms with Gasteiger partial charge in [0.25, 0.3) is 0 Å². The summed E-state index contributed by atoms with van der Waals surface area (Å²) in [4.78, 5) is 28.2. The third-order valence-corrected chi connectivity index (χ3v) is 7.85. The molecule has 5 heterocycles. The molecule has 1 aliphatic carbocycles. The summed E-state index contributed by atoms with van der Waals surface area (Å²) in [6.07, 6.45) is 6.64. The second kappa shape index (κ2) is 8.57. The number of Topliss-reactive ketones (excluding diaryl/α,β-unsaturated/α-hetero) is 1. The van der Waals surface area contributed by atoms with Crippen LogP contribution in [0.15, 0.2) is 82.9 Å². The summed E-state index contributed by atoms with van der Waals surface area (Å²) in [6.45, 7) is 0. The number of carbonyl (C=O) groups excluding carboxylic acids is 1. The second-order valence-corrected chi connectivity index (χ2v) is 9.95. The number of nitrogens with one attached hydrogen (secondary N) is 1. The zero-order valence-corrected chi connectivity index (χ0v) is 19.2. The fourth-order valence-corrected chi connectivity index (χ4v) is 6.01. The van der Waals surface area contributed by atoms with E-state index in [2.05, 4.69) is 26.7 Å². The second-order valence-electron chi connectivity index (χ2n) is 8.03. The van der Waals surface area contributed by atoms with Crippen LogP contribution < -0.4 is 5.32 Å². The van der Waals surface area contributed by atoms with Gasteiger partial charge in [0, 0.05) is 52.8 Å². The molecule has 4 aromatic heterocycles. The Hall–Kier alpha value is -3.30. The van der Waals surface area contributed by atoms with E-state index >= 15 is 0 Å². The Balaban J connectivity index is 1.37. The van der Waals surface area contributed by atoms with Gasteiger partial charge in [0.1, 0.15) is 6.04 Å². The number of rotatable bonds is 5. The van der Waals surface area contributed by atoms with Crippen molar-refractivity contribution in [3.8, 4) is 0 Å². The average molecular weight is 473 g/mol. The predicted molar refractivity (Wildman–Crippen MR) is 128 cm³/mol. The number of thiophene rings is 1. The summed E-state index contributed by atoms with van der Waals surface area (Å²) >= 11 is 3.26. The minimum Gasteiger partial charge on any atom is -0.328 e. The van der Waals surface area contributed by atoms with Crippen molar-refractivity contribution in [3.05, 3.63) is 93.8 Å². The Kier molecular flexibility index (Phi) is 5.27. The van der Waals surface area contributed by atoms with E-state index in [9.17, 15) is 4.79 Å². The van der Waals surface area contributed by atoms with Crippen LogP contribution in [0.25, 0.3) is 0 Å². The number of anilines is 1.